The maximum Gasteiger partial charge on any atom is 0.411 e. The number of carbonyl (C=O) groups is 2. The summed E-state index contributed by atoms with van der Waals surface area (Å²) in [5.74, 6) is -0.560. The van der Waals surface area contributed by atoms with Crippen molar-refractivity contribution in [3.63, 3.8) is 0 Å². The highest BCUT2D eigenvalue weighted by Crippen LogP contribution is 2.20. The van der Waals surface area contributed by atoms with Gasteiger partial charge in [0.05, 0.1) is 0 Å². The molecule has 0 aliphatic rings. The largest absolute Gasteiger partial charge is 0.459 e. The zero-order valence-electron chi connectivity index (χ0n) is 10.6. The molecule has 6 nitrogen and oxygen atoms in total. The molecule has 0 fully saturated rings. The minimum Gasteiger partial charge on any atom is -0.459 e. The summed E-state index contributed by atoms with van der Waals surface area (Å²) in [6, 6.07) is 5.18. The molecule has 0 aromatic heterocycles. The fraction of sp³-hybridized carbons (Fsp3) is 0.231. The molecule has 0 atom stereocenters. The fourth-order valence-electron chi connectivity index (χ4n) is 1.27. The number of hydrogen-bond donors (Lipinski definition) is 2. The van der Waals surface area contributed by atoms with Gasteiger partial charge in [-0.1, -0.05) is 12.6 Å². The number of carbonyl (C=O) groups excluding carboxylic acids is 2. The Morgan fingerprint density at radius 1 is 1.37 bits per heavy atom. The first-order chi connectivity index (χ1) is 9.04. The van der Waals surface area contributed by atoms with Crippen molar-refractivity contribution < 1.29 is 19.1 Å². The summed E-state index contributed by atoms with van der Waals surface area (Å²) in [6.45, 7) is 4.98. The highest BCUT2D eigenvalue weighted by atomic mass is 16.6. The topological polar surface area (TPSA) is 90.6 Å². The average molecular weight is 264 g/mol. The second kappa shape index (κ2) is 7.05. The SMILES string of the molecule is C=CC(=O)OCCOC(=O)Nc1cccc(N)c1C. The third-order valence-electron chi connectivity index (χ3n) is 2.34. The molecule has 0 unspecified atom stereocenters. The van der Waals surface area contributed by atoms with E-state index in [0.717, 1.165) is 11.6 Å². The van der Waals surface area contributed by atoms with Crippen molar-refractivity contribution in [1.29, 1.82) is 0 Å². The van der Waals surface area contributed by atoms with Crippen LogP contribution in [0.5, 0.6) is 0 Å². The number of benzene rings is 1. The van der Waals surface area contributed by atoms with Crippen LogP contribution in [0, 0.1) is 6.92 Å². The van der Waals surface area contributed by atoms with E-state index in [0.29, 0.717) is 11.4 Å². The molecule has 19 heavy (non-hydrogen) atoms. The van der Waals surface area contributed by atoms with E-state index < -0.39 is 12.1 Å². The monoisotopic (exact) mass is 264 g/mol. The Balaban J connectivity index is 2.37. The van der Waals surface area contributed by atoms with E-state index in [2.05, 4.69) is 16.6 Å². The van der Waals surface area contributed by atoms with Crippen molar-refractivity contribution in [2.24, 2.45) is 0 Å². The molecule has 1 aromatic carbocycles. The molecule has 1 rings (SSSR count). The molecule has 0 heterocycles. The molecular weight excluding hydrogens is 248 g/mol. The van der Waals surface area contributed by atoms with Crippen molar-refractivity contribution >= 4 is 23.4 Å². The van der Waals surface area contributed by atoms with Gasteiger partial charge in [-0.25, -0.2) is 9.59 Å². The quantitative estimate of drug-likeness (QED) is 0.366. The van der Waals surface area contributed by atoms with Crippen LogP contribution >= 0.6 is 0 Å². The summed E-state index contributed by atoms with van der Waals surface area (Å²) in [7, 11) is 0. The number of nitrogen functional groups attached to an aromatic ring is 1. The number of amides is 1. The van der Waals surface area contributed by atoms with Crippen LogP contribution in [0.3, 0.4) is 0 Å². The van der Waals surface area contributed by atoms with Crippen LogP contribution in [0.15, 0.2) is 30.9 Å². The van der Waals surface area contributed by atoms with E-state index in [1.165, 1.54) is 0 Å². The van der Waals surface area contributed by atoms with Crippen molar-refractivity contribution in [3.8, 4) is 0 Å². The third kappa shape index (κ3) is 4.71. The normalized spacial score (nSPS) is 9.53. The van der Waals surface area contributed by atoms with Crippen molar-refractivity contribution in [3.05, 3.63) is 36.4 Å². The van der Waals surface area contributed by atoms with Gasteiger partial charge in [-0.15, -0.1) is 0 Å². The van der Waals surface area contributed by atoms with Crippen LogP contribution in [0.2, 0.25) is 0 Å². The molecule has 0 radical (unpaired) electrons. The summed E-state index contributed by atoms with van der Waals surface area (Å²) in [5.41, 5.74) is 7.63. The van der Waals surface area contributed by atoms with Crippen molar-refractivity contribution in [1.82, 2.24) is 0 Å². The molecule has 1 aromatic rings. The van der Waals surface area contributed by atoms with Crippen molar-refractivity contribution in [2.75, 3.05) is 24.3 Å². The highest BCUT2D eigenvalue weighted by molar-refractivity contribution is 5.87. The molecular formula is C13H16N2O4. The zero-order chi connectivity index (χ0) is 14.3. The molecule has 1 amide bonds. The maximum atomic E-state index is 11.5. The standard InChI is InChI=1S/C13H16N2O4/c1-3-12(16)18-7-8-19-13(17)15-11-6-4-5-10(14)9(11)2/h3-6H,1,7-8,14H2,2H3,(H,15,17). The van der Waals surface area contributed by atoms with E-state index in [1.807, 2.05) is 0 Å². The summed E-state index contributed by atoms with van der Waals surface area (Å²) in [4.78, 5) is 22.2. The van der Waals surface area contributed by atoms with Gasteiger partial charge in [0, 0.05) is 17.5 Å². The van der Waals surface area contributed by atoms with Crippen LogP contribution < -0.4 is 11.1 Å². The van der Waals surface area contributed by atoms with E-state index in [4.69, 9.17) is 10.5 Å². The summed E-state index contributed by atoms with van der Waals surface area (Å²) in [5, 5.41) is 2.55. The van der Waals surface area contributed by atoms with Crippen LogP contribution in [-0.2, 0) is 14.3 Å². The maximum absolute atomic E-state index is 11.5. The Bertz CT molecular complexity index is 486. The number of anilines is 2. The first kappa shape index (κ1) is 14.6. The summed E-state index contributed by atoms with van der Waals surface area (Å²) in [6.07, 6.45) is 0.402. The highest BCUT2D eigenvalue weighted by Gasteiger charge is 2.07. The smallest absolute Gasteiger partial charge is 0.411 e. The Labute approximate surface area is 111 Å². The summed E-state index contributed by atoms with van der Waals surface area (Å²) < 4.78 is 9.49. The predicted molar refractivity (Wildman–Crippen MR) is 71.7 cm³/mol. The second-order valence-corrected chi connectivity index (χ2v) is 3.65. The number of ether oxygens (including phenoxy) is 2. The van der Waals surface area contributed by atoms with Crippen LogP contribution in [-0.4, -0.2) is 25.3 Å². The fourth-order valence-corrected chi connectivity index (χ4v) is 1.27. The van der Waals surface area contributed by atoms with Crippen LogP contribution in [0.25, 0.3) is 0 Å². The van der Waals surface area contributed by atoms with Crippen LogP contribution in [0.4, 0.5) is 16.2 Å². The van der Waals surface area contributed by atoms with Gasteiger partial charge in [-0.3, -0.25) is 5.32 Å². The first-order valence-corrected chi connectivity index (χ1v) is 5.62. The first-order valence-electron chi connectivity index (χ1n) is 5.62. The van der Waals surface area contributed by atoms with Gasteiger partial charge >= 0.3 is 12.1 Å². The van der Waals surface area contributed by atoms with Gasteiger partial charge in [-0.2, -0.15) is 0 Å². The van der Waals surface area contributed by atoms with Gasteiger partial charge in [0.1, 0.15) is 13.2 Å². The van der Waals surface area contributed by atoms with E-state index in [1.54, 1.807) is 25.1 Å². The molecule has 102 valence electrons. The third-order valence-corrected chi connectivity index (χ3v) is 2.34. The lowest BCUT2D eigenvalue weighted by Crippen LogP contribution is -2.18. The lowest BCUT2D eigenvalue weighted by atomic mass is 10.1. The van der Waals surface area contributed by atoms with E-state index >= 15 is 0 Å². The molecule has 0 bridgehead atoms. The Hall–Kier alpha value is -2.50. The van der Waals surface area contributed by atoms with Crippen LogP contribution in [0.1, 0.15) is 5.56 Å². The van der Waals surface area contributed by atoms with Crippen molar-refractivity contribution in [2.45, 2.75) is 6.92 Å². The minimum absolute atomic E-state index is 0.0197. The number of nitrogens with two attached hydrogens (primary N) is 1. The van der Waals surface area contributed by atoms with E-state index in [-0.39, 0.29) is 13.2 Å². The van der Waals surface area contributed by atoms with Gasteiger partial charge in [0.2, 0.25) is 0 Å². The Morgan fingerprint density at radius 2 is 2.05 bits per heavy atom. The predicted octanol–water partition coefficient (Wildman–Crippen LogP) is 1.85. The van der Waals surface area contributed by atoms with Gasteiger partial charge in [0.25, 0.3) is 0 Å². The number of hydrogen-bond acceptors (Lipinski definition) is 5. The molecule has 0 spiro atoms. The number of esters is 1. The lowest BCUT2D eigenvalue weighted by Gasteiger charge is -2.10. The number of rotatable bonds is 5. The molecule has 0 saturated carbocycles. The molecule has 0 aliphatic carbocycles. The van der Waals surface area contributed by atoms with Gasteiger partial charge < -0.3 is 15.2 Å². The van der Waals surface area contributed by atoms with E-state index in [9.17, 15) is 9.59 Å². The molecule has 0 aliphatic heterocycles. The minimum atomic E-state index is -0.636. The zero-order valence-corrected chi connectivity index (χ0v) is 10.6. The number of nitrogens with one attached hydrogen (secondary N) is 1. The second-order valence-electron chi connectivity index (χ2n) is 3.65. The van der Waals surface area contributed by atoms with Gasteiger partial charge in [0.15, 0.2) is 0 Å². The lowest BCUT2D eigenvalue weighted by molar-refractivity contribution is -0.138. The average Bonchev–Trinajstić information content (AvgIpc) is 2.39. The Morgan fingerprint density at radius 3 is 2.74 bits per heavy atom. The summed E-state index contributed by atoms with van der Waals surface area (Å²) >= 11 is 0. The molecule has 3 N–H and O–H groups in total. The molecule has 6 heteroatoms. The van der Waals surface area contributed by atoms with Gasteiger partial charge in [-0.05, 0) is 24.6 Å². The Kier molecular flexibility index (Phi) is 5.40. The molecule has 0 saturated heterocycles.